The second kappa shape index (κ2) is 10.6. The van der Waals surface area contributed by atoms with Gasteiger partial charge in [0, 0.05) is 31.6 Å². The number of carbonyl (C=O) groups excluding carboxylic acids is 2. The number of sulfonamides is 1. The number of carbonyl (C=O) groups is 2. The van der Waals surface area contributed by atoms with E-state index in [0.29, 0.717) is 0 Å². The summed E-state index contributed by atoms with van der Waals surface area (Å²) >= 11 is 0. The minimum Gasteiger partial charge on any atom is -0.350 e. The lowest BCUT2D eigenvalue weighted by molar-refractivity contribution is -0.148. The van der Waals surface area contributed by atoms with Crippen molar-refractivity contribution in [2.75, 3.05) is 13.1 Å². The van der Waals surface area contributed by atoms with E-state index in [1.54, 1.807) is 51.4 Å². The molecular formula is C25H30N6O4S. The summed E-state index contributed by atoms with van der Waals surface area (Å²) < 4.78 is 27.9. The molecular weight excluding hydrogens is 480 g/mol. The maximum atomic E-state index is 13.4. The summed E-state index contributed by atoms with van der Waals surface area (Å²) in [5.41, 5.74) is 1.63. The maximum Gasteiger partial charge on any atom is 0.244 e. The number of benzene rings is 2. The zero-order valence-corrected chi connectivity index (χ0v) is 21.3. The summed E-state index contributed by atoms with van der Waals surface area (Å²) in [5, 5.41) is 11.1. The molecule has 11 heteroatoms. The number of nitrogens with one attached hydrogen (secondary N) is 1. The van der Waals surface area contributed by atoms with E-state index in [9.17, 15) is 18.0 Å². The van der Waals surface area contributed by atoms with Gasteiger partial charge in [-0.3, -0.25) is 9.59 Å². The van der Waals surface area contributed by atoms with Crippen molar-refractivity contribution in [2.24, 2.45) is 5.92 Å². The molecule has 1 N–H and O–H groups in total. The van der Waals surface area contributed by atoms with Crippen LogP contribution < -0.4 is 5.32 Å². The molecule has 2 aromatic carbocycles. The molecule has 4 rings (SSSR count). The lowest BCUT2D eigenvalue weighted by Crippen LogP contribution is -2.65. The Balaban J connectivity index is 1.53. The van der Waals surface area contributed by atoms with E-state index in [1.807, 2.05) is 24.3 Å². The quantitative estimate of drug-likeness (QED) is 0.518. The molecule has 2 atom stereocenters. The third-order valence-electron chi connectivity index (χ3n) is 6.14. The summed E-state index contributed by atoms with van der Waals surface area (Å²) in [6.45, 7) is 5.54. The van der Waals surface area contributed by atoms with E-state index in [4.69, 9.17) is 0 Å². The van der Waals surface area contributed by atoms with Gasteiger partial charge in [0.1, 0.15) is 6.04 Å². The average Bonchev–Trinajstić information content (AvgIpc) is 3.42. The Hall–Kier alpha value is -3.57. The molecule has 10 nitrogen and oxygen atoms in total. The van der Waals surface area contributed by atoms with Gasteiger partial charge < -0.3 is 10.2 Å². The van der Waals surface area contributed by atoms with Crippen LogP contribution in [0.5, 0.6) is 0 Å². The Morgan fingerprint density at radius 3 is 2.25 bits per heavy atom. The Labute approximate surface area is 211 Å². The molecule has 0 aliphatic carbocycles. The normalized spacial score (nSPS) is 18.8. The fourth-order valence-corrected chi connectivity index (χ4v) is 5.81. The summed E-state index contributed by atoms with van der Waals surface area (Å²) in [6, 6.07) is 14.1. The van der Waals surface area contributed by atoms with E-state index in [0.717, 1.165) is 11.3 Å². The predicted octanol–water partition coefficient (Wildman–Crippen LogP) is 1.83. The molecule has 1 aliphatic heterocycles. The summed E-state index contributed by atoms with van der Waals surface area (Å²) in [5.74, 6) is -0.916. The predicted molar refractivity (Wildman–Crippen MR) is 133 cm³/mol. The number of aromatic nitrogens is 3. The first kappa shape index (κ1) is 25.5. The Morgan fingerprint density at radius 2 is 1.64 bits per heavy atom. The maximum absolute atomic E-state index is 13.4. The number of nitrogens with zero attached hydrogens (tertiary/aromatic N) is 5. The molecule has 1 saturated heterocycles. The van der Waals surface area contributed by atoms with E-state index in [1.165, 1.54) is 26.1 Å². The molecule has 0 bridgehead atoms. The van der Waals surface area contributed by atoms with Crippen LogP contribution in [-0.4, -0.2) is 69.6 Å². The molecule has 0 saturated carbocycles. The molecule has 0 spiro atoms. The first-order valence-electron chi connectivity index (χ1n) is 11.8. The standard InChI is InChI=1S/C25H30N6O4S/c1-18(2)25(33)30-19(3)16-29(36(34,35)22-7-5-4-6-8-22)17-23(30)24(32)26-15-20-9-11-21(12-10-20)31-27-13-14-28-31/h4-14,18-19,23H,15-17H2,1-3H3,(H,26,32). The van der Waals surface area contributed by atoms with Crippen LogP contribution in [-0.2, 0) is 26.2 Å². The Kier molecular flexibility index (Phi) is 7.51. The van der Waals surface area contributed by atoms with Gasteiger partial charge in [-0.05, 0) is 36.8 Å². The smallest absolute Gasteiger partial charge is 0.244 e. The minimum atomic E-state index is -3.82. The second-order valence-corrected chi connectivity index (χ2v) is 11.0. The van der Waals surface area contributed by atoms with Crippen LogP contribution in [0.3, 0.4) is 0 Å². The molecule has 0 radical (unpaired) electrons. The highest BCUT2D eigenvalue weighted by molar-refractivity contribution is 7.89. The van der Waals surface area contributed by atoms with Crippen LogP contribution in [0, 0.1) is 5.92 Å². The first-order valence-corrected chi connectivity index (χ1v) is 13.2. The lowest BCUT2D eigenvalue weighted by atomic mass is 10.0. The molecule has 1 fully saturated rings. The van der Waals surface area contributed by atoms with Gasteiger partial charge >= 0.3 is 0 Å². The monoisotopic (exact) mass is 510 g/mol. The molecule has 2 heterocycles. The summed E-state index contributed by atoms with van der Waals surface area (Å²) in [6.07, 6.45) is 3.18. The van der Waals surface area contributed by atoms with Gasteiger partial charge in [0.05, 0.1) is 23.0 Å². The van der Waals surface area contributed by atoms with Gasteiger partial charge in [-0.25, -0.2) is 8.42 Å². The number of hydrogen-bond donors (Lipinski definition) is 1. The van der Waals surface area contributed by atoms with Crippen LogP contribution in [0.1, 0.15) is 26.3 Å². The third-order valence-corrected chi connectivity index (χ3v) is 7.99. The number of hydrogen-bond acceptors (Lipinski definition) is 6. The van der Waals surface area contributed by atoms with Gasteiger partial charge in [0.25, 0.3) is 0 Å². The van der Waals surface area contributed by atoms with Crippen LogP contribution >= 0.6 is 0 Å². The van der Waals surface area contributed by atoms with Crippen LogP contribution in [0.2, 0.25) is 0 Å². The van der Waals surface area contributed by atoms with Crippen molar-refractivity contribution in [3.63, 3.8) is 0 Å². The number of rotatable bonds is 7. The van der Waals surface area contributed by atoms with Crippen molar-refractivity contribution >= 4 is 21.8 Å². The summed E-state index contributed by atoms with van der Waals surface area (Å²) in [4.78, 5) is 29.6. The van der Waals surface area contributed by atoms with Crippen molar-refractivity contribution < 1.29 is 18.0 Å². The van der Waals surface area contributed by atoms with Crippen molar-refractivity contribution in [3.05, 3.63) is 72.6 Å². The van der Waals surface area contributed by atoms with E-state index < -0.39 is 28.0 Å². The Bertz CT molecular complexity index is 1290. The van der Waals surface area contributed by atoms with Crippen molar-refractivity contribution in [1.82, 2.24) is 29.5 Å². The van der Waals surface area contributed by atoms with Crippen molar-refractivity contribution in [1.29, 1.82) is 0 Å². The molecule has 36 heavy (non-hydrogen) atoms. The van der Waals surface area contributed by atoms with Crippen LogP contribution in [0.25, 0.3) is 5.69 Å². The molecule has 2 unspecified atom stereocenters. The van der Waals surface area contributed by atoms with Crippen LogP contribution in [0.15, 0.2) is 71.9 Å². The number of piperazine rings is 1. The molecule has 190 valence electrons. The Morgan fingerprint density at radius 1 is 1.00 bits per heavy atom. The van der Waals surface area contributed by atoms with Gasteiger partial charge in [0.2, 0.25) is 21.8 Å². The fraction of sp³-hybridized carbons (Fsp3) is 0.360. The number of amides is 2. The highest BCUT2D eigenvalue weighted by Crippen LogP contribution is 2.25. The molecule has 1 aliphatic rings. The first-order chi connectivity index (χ1) is 17.2. The SMILES string of the molecule is CC(C)C(=O)N1C(C)CN(S(=O)(=O)c2ccccc2)CC1C(=O)NCc1ccc(-n2nccn2)cc1. The van der Waals surface area contributed by atoms with E-state index in [-0.39, 0.29) is 36.4 Å². The van der Waals surface area contributed by atoms with Gasteiger partial charge in [-0.15, -0.1) is 0 Å². The summed E-state index contributed by atoms with van der Waals surface area (Å²) in [7, 11) is -3.82. The van der Waals surface area contributed by atoms with Gasteiger partial charge in [-0.2, -0.15) is 19.3 Å². The molecule has 1 aromatic heterocycles. The topological polar surface area (TPSA) is 118 Å². The van der Waals surface area contributed by atoms with E-state index >= 15 is 0 Å². The van der Waals surface area contributed by atoms with Crippen LogP contribution in [0.4, 0.5) is 0 Å². The van der Waals surface area contributed by atoms with Gasteiger partial charge in [0.15, 0.2) is 0 Å². The highest BCUT2D eigenvalue weighted by Gasteiger charge is 2.43. The highest BCUT2D eigenvalue weighted by atomic mass is 32.2. The largest absolute Gasteiger partial charge is 0.350 e. The minimum absolute atomic E-state index is 0.113. The second-order valence-electron chi connectivity index (χ2n) is 9.10. The zero-order chi connectivity index (χ0) is 25.9. The lowest BCUT2D eigenvalue weighted by Gasteiger charge is -2.44. The zero-order valence-electron chi connectivity index (χ0n) is 20.5. The molecule has 2 amide bonds. The van der Waals surface area contributed by atoms with Gasteiger partial charge in [-0.1, -0.05) is 44.2 Å². The third kappa shape index (κ3) is 5.31. The van der Waals surface area contributed by atoms with Crippen molar-refractivity contribution in [3.8, 4) is 5.69 Å². The fourth-order valence-electron chi connectivity index (χ4n) is 4.26. The molecule has 3 aromatic rings. The average molecular weight is 511 g/mol. The van der Waals surface area contributed by atoms with Crippen molar-refractivity contribution in [2.45, 2.75) is 44.3 Å². The van der Waals surface area contributed by atoms with E-state index in [2.05, 4.69) is 15.5 Å².